The fraction of sp³-hybridized carbons (Fsp3) is 0.971. The minimum Gasteiger partial charge on any atom is -0.369 e. The van der Waals surface area contributed by atoms with Crippen LogP contribution >= 0.6 is 0 Å². The second-order valence-corrected chi connectivity index (χ2v) is 11.9. The number of hydrogen-bond donors (Lipinski definition) is 1. The number of unbranched alkanes of at least 4 members (excludes halogenated alkanes) is 26. The first-order valence-corrected chi connectivity index (χ1v) is 17.2. The van der Waals surface area contributed by atoms with Crippen molar-refractivity contribution in [3.8, 4) is 0 Å². The fourth-order valence-corrected chi connectivity index (χ4v) is 5.55. The van der Waals surface area contributed by atoms with Crippen molar-refractivity contribution in [2.45, 2.75) is 194 Å². The Kier molecular flexibility index (Phi) is 31.2. The molecule has 0 aliphatic carbocycles. The Morgan fingerprint density at radius 2 is 0.622 bits per heavy atom. The van der Waals surface area contributed by atoms with Crippen LogP contribution in [0.1, 0.15) is 194 Å². The number of amides is 1. The van der Waals surface area contributed by atoms with Gasteiger partial charge in [-0.05, 0) is 25.9 Å². The van der Waals surface area contributed by atoms with Crippen molar-refractivity contribution in [1.29, 1.82) is 0 Å². The fourth-order valence-electron chi connectivity index (χ4n) is 5.55. The summed E-state index contributed by atoms with van der Waals surface area (Å²) in [6.45, 7) is 7.10. The molecule has 0 unspecified atom stereocenters. The summed E-state index contributed by atoms with van der Waals surface area (Å²) in [7, 11) is 0. The maximum absolute atomic E-state index is 11.5. The van der Waals surface area contributed by atoms with Crippen LogP contribution in [-0.4, -0.2) is 30.4 Å². The molecule has 0 aromatic heterocycles. The monoisotopic (exact) mass is 523 g/mol. The Hall–Kier alpha value is -0.570. The van der Waals surface area contributed by atoms with Gasteiger partial charge in [-0.3, -0.25) is 9.69 Å². The molecule has 0 radical (unpaired) electrons. The van der Waals surface area contributed by atoms with Gasteiger partial charge in [0.05, 0.1) is 6.54 Å². The van der Waals surface area contributed by atoms with Crippen LogP contribution in [0.5, 0.6) is 0 Å². The van der Waals surface area contributed by atoms with Crippen LogP contribution in [0.25, 0.3) is 0 Å². The van der Waals surface area contributed by atoms with Crippen LogP contribution in [0.4, 0.5) is 0 Å². The SMILES string of the molecule is CCCCCCCCCCCCCCCCN(CCCCCCCCCCCCCCCC)CC(N)=O. The molecule has 0 spiro atoms. The molecular formula is C34H70N2O. The highest BCUT2D eigenvalue weighted by Crippen LogP contribution is 2.15. The molecule has 0 atom stereocenters. The van der Waals surface area contributed by atoms with Gasteiger partial charge in [0.2, 0.25) is 5.91 Å². The Bertz CT molecular complexity index is 408. The zero-order chi connectivity index (χ0) is 27.1. The van der Waals surface area contributed by atoms with E-state index in [1.165, 1.54) is 180 Å². The molecule has 3 heteroatoms. The van der Waals surface area contributed by atoms with Gasteiger partial charge in [0.15, 0.2) is 0 Å². The number of nitrogens with two attached hydrogens (primary N) is 1. The molecule has 0 aromatic carbocycles. The number of hydrogen-bond acceptors (Lipinski definition) is 2. The largest absolute Gasteiger partial charge is 0.369 e. The molecule has 37 heavy (non-hydrogen) atoms. The summed E-state index contributed by atoms with van der Waals surface area (Å²) in [6.07, 6.45) is 38.9. The average molecular weight is 523 g/mol. The van der Waals surface area contributed by atoms with E-state index < -0.39 is 0 Å². The molecule has 0 aromatic rings. The summed E-state index contributed by atoms with van der Waals surface area (Å²) < 4.78 is 0. The number of rotatable bonds is 32. The topological polar surface area (TPSA) is 46.3 Å². The average Bonchev–Trinajstić information content (AvgIpc) is 2.88. The van der Waals surface area contributed by atoms with Gasteiger partial charge in [0.25, 0.3) is 0 Å². The smallest absolute Gasteiger partial charge is 0.231 e. The van der Waals surface area contributed by atoms with Crippen LogP contribution < -0.4 is 5.73 Å². The molecule has 0 fully saturated rings. The van der Waals surface area contributed by atoms with Crippen molar-refractivity contribution in [2.24, 2.45) is 5.73 Å². The standard InChI is InChI=1S/C34H70N2O/c1-3-5-7-9-11-13-15-17-19-21-23-25-27-29-31-36(33-34(35)37)32-30-28-26-24-22-20-18-16-14-12-10-8-6-4-2/h3-33H2,1-2H3,(H2,35,37). The first kappa shape index (κ1) is 36.4. The highest BCUT2D eigenvalue weighted by atomic mass is 16.1. The molecule has 0 aliphatic heterocycles. The third-order valence-corrected chi connectivity index (χ3v) is 8.04. The lowest BCUT2D eigenvalue weighted by atomic mass is 10.0. The Morgan fingerprint density at radius 3 is 0.838 bits per heavy atom. The second kappa shape index (κ2) is 31.6. The lowest BCUT2D eigenvalue weighted by molar-refractivity contribution is -0.119. The maximum atomic E-state index is 11.5. The molecule has 3 nitrogen and oxygen atoms in total. The van der Waals surface area contributed by atoms with Crippen molar-refractivity contribution in [3.05, 3.63) is 0 Å². The lowest BCUT2D eigenvalue weighted by Gasteiger charge is -2.20. The number of primary amides is 1. The van der Waals surface area contributed by atoms with E-state index in [4.69, 9.17) is 5.73 Å². The zero-order valence-electron chi connectivity index (χ0n) is 25.9. The molecule has 222 valence electrons. The predicted molar refractivity (Wildman–Crippen MR) is 166 cm³/mol. The van der Waals surface area contributed by atoms with E-state index in [0.717, 1.165) is 13.1 Å². The van der Waals surface area contributed by atoms with Gasteiger partial charge in [-0.1, -0.05) is 181 Å². The Balaban J connectivity index is 3.49. The quantitative estimate of drug-likeness (QED) is 0.0893. The van der Waals surface area contributed by atoms with E-state index in [9.17, 15) is 4.79 Å². The van der Waals surface area contributed by atoms with E-state index in [2.05, 4.69) is 18.7 Å². The van der Waals surface area contributed by atoms with Crippen LogP contribution in [0.2, 0.25) is 0 Å². The molecule has 0 saturated heterocycles. The Labute approximate surface area is 234 Å². The van der Waals surface area contributed by atoms with Crippen molar-refractivity contribution in [1.82, 2.24) is 4.90 Å². The van der Waals surface area contributed by atoms with Crippen molar-refractivity contribution in [2.75, 3.05) is 19.6 Å². The second-order valence-electron chi connectivity index (χ2n) is 11.9. The van der Waals surface area contributed by atoms with Gasteiger partial charge in [-0.2, -0.15) is 0 Å². The highest BCUT2D eigenvalue weighted by Gasteiger charge is 2.08. The highest BCUT2D eigenvalue weighted by molar-refractivity contribution is 5.75. The summed E-state index contributed by atoms with van der Waals surface area (Å²) in [6, 6.07) is 0. The van der Waals surface area contributed by atoms with E-state index >= 15 is 0 Å². The van der Waals surface area contributed by atoms with Crippen LogP contribution in [0.3, 0.4) is 0 Å². The van der Waals surface area contributed by atoms with E-state index in [1.807, 2.05) is 0 Å². The zero-order valence-corrected chi connectivity index (χ0v) is 25.9. The van der Waals surface area contributed by atoms with E-state index in [1.54, 1.807) is 0 Å². The number of carbonyl (C=O) groups is 1. The molecule has 0 rings (SSSR count). The molecule has 1 amide bonds. The van der Waals surface area contributed by atoms with Crippen LogP contribution in [0.15, 0.2) is 0 Å². The molecule has 0 aliphatic rings. The van der Waals surface area contributed by atoms with E-state index in [0.29, 0.717) is 6.54 Å². The molecule has 0 bridgehead atoms. The van der Waals surface area contributed by atoms with Gasteiger partial charge in [0, 0.05) is 0 Å². The van der Waals surface area contributed by atoms with Crippen LogP contribution in [0, 0.1) is 0 Å². The van der Waals surface area contributed by atoms with Gasteiger partial charge in [0.1, 0.15) is 0 Å². The van der Waals surface area contributed by atoms with Gasteiger partial charge >= 0.3 is 0 Å². The maximum Gasteiger partial charge on any atom is 0.231 e. The van der Waals surface area contributed by atoms with Gasteiger partial charge in [-0.25, -0.2) is 0 Å². The van der Waals surface area contributed by atoms with Crippen molar-refractivity contribution < 1.29 is 4.79 Å². The number of nitrogens with zero attached hydrogens (tertiary/aromatic N) is 1. The first-order chi connectivity index (χ1) is 18.2. The van der Waals surface area contributed by atoms with Crippen LogP contribution in [-0.2, 0) is 4.79 Å². The summed E-state index contributed by atoms with van der Waals surface area (Å²) >= 11 is 0. The lowest BCUT2D eigenvalue weighted by Crippen LogP contribution is -2.35. The number of carbonyl (C=O) groups excluding carboxylic acids is 1. The van der Waals surface area contributed by atoms with Crippen molar-refractivity contribution >= 4 is 5.91 Å². The van der Waals surface area contributed by atoms with Gasteiger partial charge < -0.3 is 5.73 Å². The molecule has 0 saturated carbocycles. The molecule has 2 N–H and O–H groups in total. The summed E-state index contributed by atoms with van der Waals surface area (Å²) in [5, 5.41) is 0. The first-order valence-electron chi connectivity index (χ1n) is 17.2. The third kappa shape index (κ3) is 31.5. The third-order valence-electron chi connectivity index (χ3n) is 8.04. The molecular weight excluding hydrogens is 452 g/mol. The van der Waals surface area contributed by atoms with Crippen molar-refractivity contribution in [3.63, 3.8) is 0 Å². The summed E-state index contributed by atoms with van der Waals surface area (Å²) in [5.41, 5.74) is 5.51. The minimum absolute atomic E-state index is 0.171. The summed E-state index contributed by atoms with van der Waals surface area (Å²) in [5.74, 6) is -0.171. The minimum atomic E-state index is -0.171. The van der Waals surface area contributed by atoms with Gasteiger partial charge in [-0.15, -0.1) is 0 Å². The molecule has 0 heterocycles. The van der Waals surface area contributed by atoms with E-state index in [-0.39, 0.29) is 5.91 Å². The predicted octanol–water partition coefficient (Wildman–Crippen LogP) is 10.7. The summed E-state index contributed by atoms with van der Waals surface area (Å²) in [4.78, 5) is 13.8. The normalized spacial score (nSPS) is 11.5. The Morgan fingerprint density at radius 1 is 0.405 bits per heavy atom.